The third-order valence-electron chi connectivity index (χ3n) is 5.75. The number of hydrogen-bond acceptors (Lipinski definition) is 5. The number of thioether (sulfide) groups is 1. The van der Waals surface area contributed by atoms with Crippen LogP contribution in [0.3, 0.4) is 0 Å². The number of nitrogens with zero attached hydrogens (tertiary/aromatic N) is 2. The van der Waals surface area contributed by atoms with Gasteiger partial charge in [0, 0.05) is 21.0 Å². The van der Waals surface area contributed by atoms with Crippen molar-refractivity contribution in [3.63, 3.8) is 0 Å². The predicted molar refractivity (Wildman–Crippen MR) is 158 cm³/mol. The van der Waals surface area contributed by atoms with Crippen LogP contribution in [0.5, 0.6) is 11.5 Å². The molecule has 2 aliphatic heterocycles. The van der Waals surface area contributed by atoms with Crippen LogP contribution in [0, 0.1) is 5.41 Å². The first-order valence-electron chi connectivity index (χ1n) is 11.6. The number of rotatable bonds is 7. The van der Waals surface area contributed by atoms with Crippen molar-refractivity contribution in [3.8, 4) is 11.5 Å². The van der Waals surface area contributed by atoms with Gasteiger partial charge in [0.2, 0.25) is 0 Å². The molecule has 3 aromatic rings. The van der Waals surface area contributed by atoms with Crippen molar-refractivity contribution in [1.29, 1.82) is 5.41 Å². The Morgan fingerprint density at radius 3 is 2.53 bits per heavy atom. The molecule has 0 aliphatic carbocycles. The number of amidine groups is 2. The Bertz CT molecular complexity index is 1520. The molecule has 0 unspecified atom stereocenters. The van der Waals surface area contributed by atoms with Crippen molar-refractivity contribution in [2.75, 3.05) is 6.61 Å². The highest BCUT2D eigenvalue weighted by Crippen LogP contribution is 2.40. The number of nitrogens with one attached hydrogen (secondary N) is 1. The van der Waals surface area contributed by atoms with Crippen LogP contribution < -0.4 is 9.47 Å². The molecular formula is C28H20BrCl2N3O3S. The fourth-order valence-corrected chi connectivity index (χ4v) is 5.94. The van der Waals surface area contributed by atoms with Crippen LogP contribution in [0.15, 0.2) is 81.1 Å². The Balaban J connectivity index is 1.46. The number of benzene rings is 3. The van der Waals surface area contributed by atoms with Gasteiger partial charge in [0.15, 0.2) is 16.7 Å². The van der Waals surface area contributed by atoms with Crippen LogP contribution in [-0.4, -0.2) is 28.4 Å². The van der Waals surface area contributed by atoms with E-state index in [1.807, 2.05) is 42.7 Å². The lowest BCUT2D eigenvalue weighted by Crippen LogP contribution is -2.38. The molecule has 2 heterocycles. The molecule has 1 amide bonds. The first kappa shape index (κ1) is 26.6. The standard InChI is InChI=1S/C28H20BrCl2N3O3S/c1-2-36-24-13-16(12-20(29)25(24)37-14-19-21(30)9-6-10-22(19)31)11-18-26(32)34-23(17-7-4-3-5-8-17)15-38-28(34)33-27(18)35/h3-13,15,32H,2,14H2,1H3/b18-11-,32-26?. The number of carbonyl (C=O) groups excluding carboxylic acids is 1. The molecule has 0 fully saturated rings. The van der Waals surface area contributed by atoms with Crippen LogP contribution in [0.25, 0.3) is 11.8 Å². The van der Waals surface area contributed by atoms with E-state index in [-0.39, 0.29) is 18.0 Å². The number of carbonyl (C=O) groups is 1. The van der Waals surface area contributed by atoms with E-state index < -0.39 is 5.91 Å². The van der Waals surface area contributed by atoms with E-state index >= 15 is 0 Å². The molecule has 10 heteroatoms. The van der Waals surface area contributed by atoms with E-state index in [4.69, 9.17) is 38.1 Å². The summed E-state index contributed by atoms with van der Waals surface area (Å²) in [6.07, 6.45) is 1.64. The lowest BCUT2D eigenvalue weighted by Gasteiger charge is -2.27. The van der Waals surface area contributed by atoms with E-state index in [0.717, 1.165) is 11.3 Å². The molecule has 0 saturated carbocycles. The SMILES string of the molecule is CCOc1cc(/C=C2/C(=N)N3C(c4ccccc4)=CSC3=NC2=O)cc(Br)c1OCc1c(Cl)cccc1Cl. The fourth-order valence-electron chi connectivity index (χ4n) is 3.97. The summed E-state index contributed by atoms with van der Waals surface area (Å²) in [5.74, 6) is 0.528. The molecule has 0 bridgehead atoms. The molecule has 0 spiro atoms. The summed E-state index contributed by atoms with van der Waals surface area (Å²) in [4.78, 5) is 18.9. The van der Waals surface area contributed by atoms with Crippen molar-refractivity contribution >= 4 is 79.6 Å². The van der Waals surface area contributed by atoms with Crippen LogP contribution in [0.4, 0.5) is 0 Å². The third-order valence-corrected chi connectivity index (χ3v) is 7.87. The van der Waals surface area contributed by atoms with E-state index in [2.05, 4.69) is 20.9 Å². The van der Waals surface area contributed by atoms with Gasteiger partial charge < -0.3 is 9.47 Å². The van der Waals surface area contributed by atoms with E-state index in [9.17, 15) is 4.79 Å². The molecule has 0 aromatic heterocycles. The summed E-state index contributed by atoms with van der Waals surface area (Å²) in [7, 11) is 0. The zero-order chi connectivity index (χ0) is 26.8. The fraction of sp³-hybridized carbons (Fsp3) is 0.107. The van der Waals surface area contributed by atoms with Gasteiger partial charge in [-0.15, -0.1) is 0 Å². The summed E-state index contributed by atoms with van der Waals surface area (Å²) in [5.41, 5.74) is 3.22. The molecule has 6 nitrogen and oxygen atoms in total. The number of fused-ring (bicyclic) bond motifs is 1. The normalized spacial score (nSPS) is 15.9. The van der Waals surface area contributed by atoms with Crippen LogP contribution in [-0.2, 0) is 11.4 Å². The lowest BCUT2D eigenvalue weighted by atomic mass is 10.1. The van der Waals surface area contributed by atoms with Gasteiger partial charge in [-0.3, -0.25) is 15.1 Å². The molecule has 5 rings (SSSR count). The lowest BCUT2D eigenvalue weighted by molar-refractivity contribution is -0.114. The largest absolute Gasteiger partial charge is 0.490 e. The third kappa shape index (κ3) is 5.27. The Labute approximate surface area is 242 Å². The smallest absolute Gasteiger partial charge is 0.283 e. The van der Waals surface area contributed by atoms with Crippen molar-refractivity contribution in [3.05, 3.63) is 103 Å². The number of hydrogen-bond donors (Lipinski definition) is 1. The first-order valence-corrected chi connectivity index (χ1v) is 14.0. The average molecular weight is 629 g/mol. The minimum atomic E-state index is -0.473. The van der Waals surface area contributed by atoms with Crippen molar-refractivity contribution in [1.82, 2.24) is 4.90 Å². The second-order valence-corrected chi connectivity index (χ2v) is 10.7. The molecule has 0 saturated heterocycles. The molecular weight excluding hydrogens is 609 g/mol. The highest BCUT2D eigenvalue weighted by atomic mass is 79.9. The highest BCUT2D eigenvalue weighted by molar-refractivity contribution is 9.10. The Hall–Kier alpha value is -3.04. The topological polar surface area (TPSA) is 75.0 Å². The number of aliphatic imine (C=N–C) groups is 1. The highest BCUT2D eigenvalue weighted by Gasteiger charge is 2.36. The molecule has 192 valence electrons. The van der Waals surface area contributed by atoms with E-state index in [1.165, 1.54) is 11.8 Å². The molecule has 0 radical (unpaired) electrons. The van der Waals surface area contributed by atoms with Gasteiger partial charge in [0.25, 0.3) is 5.91 Å². The number of halogens is 3. The molecule has 3 aromatic carbocycles. The van der Waals surface area contributed by atoms with E-state index in [1.54, 1.807) is 41.3 Å². The second kappa shape index (κ2) is 11.4. The van der Waals surface area contributed by atoms with Crippen LogP contribution >= 0.6 is 50.9 Å². The summed E-state index contributed by atoms with van der Waals surface area (Å²) in [5, 5.41) is 12.3. The van der Waals surface area contributed by atoms with Crippen molar-refractivity contribution in [2.45, 2.75) is 13.5 Å². The first-order chi connectivity index (χ1) is 18.4. The summed E-state index contributed by atoms with van der Waals surface area (Å²) in [6, 6.07) is 18.6. The maximum absolute atomic E-state index is 12.9. The van der Waals surface area contributed by atoms with Gasteiger partial charge in [-0.25, -0.2) is 0 Å². The zero-order valence-electron chi connectivity index (χ0n) is 20.0. The van der Waals surface area contributed by atoms with Gasteiger partial charge >= 0.3 is 0 Å². The Kier molecular flexibility index (Phi) is 7.95. The maximum atomic E-state index is 12.9. The molecule has 1 N–H and O–H groups in total. The van der Waals surface area contributed by atoms with E-state index in [0.29, 0.717) is 48.9 Å². The molecule has 0 atom stereocenters. The monoisotopic (exact) mass is 627 g/mol. The van der Waals surface area contributed by atoms with Crippen LogP contribution in [0.2, 0.25) is 10.0 Å². The quantitative estimate of drug-likeness (QED) is 0.268. The minimum absolute atomic E-state index is 0.0582. The second-order valence-electron chi connectivity index (χ2n) is 8.18. The van der Waals surface area contributed by atoms with Crippen LogP contribution in [0.1, 0.15) is 23.6 Å². The summed E-state index contributed by atoms with van der Waals surface area (Å²) >= 11 is 17.5. The number of amides is 1. The summed E-state index contributed by atoms with van der Waals surface area (Å²) < 4.78 is 12.5. The summed E-state index contributed by atoms with van der Waals surface area (Å²) in [6.45, 7) is 2.40. The van der Waals surface area contributed by atoms with Gasteiger partial charge in [0.1, 0.15) is 12.4 Å². The minimum Gasteiger partial charge on any atom is -0.490 e. The molecule has 2 aliphatic rings. The Morgan fingerprint density at radius 1 is 1.08 bits per heavy atom. The molecule has 38 heavy (non-hydrogen) atoms. The van der Waals surface area contributed by atoms with Crippen molar-refractivity contribution < 1.29 is 14.3 Å². The predicted octanol–water partition coefficient (Wildman–Crippen LogP) is 8.04. The van der Waals surface area contributed by atoms with Gasteiger partial charge in [-0.2, -0.15) is 4.99 Å². The zero-order valence-corrected chi connectivity index (χ0v) is 23.9. The maximum Gasteiger partial charge on any atom is 0.283 e. The number of ether oxygens (including phenoxy) is 2. The Morgan fingerprint density at radius 2 is 1.82 bits per heavy atom. The van der Waals surface area contributed by atoms with Gasteiger partial charge in [0.05, 0.1) is 22.3 Å². The average Bonchev–Trinajstić information content (AvgIpc) is 3.32. The van der Waals surface area contributed by atoms with Crippen molar-refractivity contribution in [2.24, 2.45) is 4.99 Å². The van der Waals surface area contributed by atoms with Gasteiger partial charge in [-0.1, -0.05) is 71.4 Å². The van der Waals surface area contributed by atoms with Gasteiger partial charge in [-0.05, 0) is 64.3 Å².